The molecule has 68 valence electrons. The molecule has 0 spiro atoms. The highest BCUT2D eigenvalue weighted by Gasteiger charge is 2.25. The predicted molar refractivity (Wildman–Crippen MR) is 50.4 cm³/mol. The van der Waals surface area contributed by atoms with Crippen molar-refractivity contribution in [3.05, 3.63) is 0 Å². The van der Waals surface area contributed by atoms with Crippen LogP contribution in [0.25, 0.3) is 0 Å². The van der Waals surface area contributed by atoms with E-state index in [1.165, 1.54) is 0 Å². The predicted octanol–water partition coefficient (Wildman–Crippen LogP) is 2.37. The third-order valence-electron chi connectivity index (χ3n) is 1.19. The lowest BCUT2D eigenvalue weighted by molar-refractivity contribution is 0.149. The Morgan fingerprint density at radius 2 is 2.00 bits per heavy atom. The molecular formula is C7H17ClO2Si. The molecule has 2 nitrogen and oxygen atoms in total. The number of hydrogen-bond donors (Lipinski definition) is 0. The lowest BCUT2D eigenvalue weighted by atomic mass is 10.5. The molecule has 0 N–H and O–H groups in total. The van der Waals surface area contributed by atoms with Crippen molar-refractivity contribution in [2.24, 2.45) is 0 Å². The van der Waals surface area contributed by atoms with Gasteiger partial charge < -0.3 is 8.85 Å². The van der Waals surface area contributed by atoms with E-state index in [4.69, 9.17) is 20.5 Å². The van der Waals surface area contributed by atoms with Gasteiger partial charge >= 0.3 is 8.56 Å². The molecule has 0 aliphatic heterocycles. The minimum atomic E-state index is -1.87. The average Bonchev–Trinajstić information content (AvgIpc) is 1.86. The summed E-state index contributed by atoms with van der Waals surface area (Å²) >= 11 is 5.60. The lowest BCUT2D eigenvalue weighted by Crippen LogP contribution is -2.38. The van der Waals surface area contributed by atoms with Gasteiger partial charge in [0, 0.05) is 12.5 Å². The van der Waals surface area contributed by atoms with E-state index < -0.39 is 8.56 Å². The van der Waals surface area contributed by atoms with Gasteiger partial charge in [0.1, 0.15) is 0 Å². The van der Waals surface area contributed by atoms with Gasteiger partial charge in [0.2, 0.25) is 0 Å². The van der Waals surface area contributed by atoms with Crippen molar-refractivity contribution >= 4 is 20.2 Å². The van der Waals surface area contributed by atoms with Crippen LogP contribution in [-0.2, 0) is 8.85 Å². The summed E-state index contributed by atoms with van der Waals surface area (Å²) in [6.07, 6.45) is 0.102. The quantitative estimate of drug-likeness (QED) is 0.497. The maximum Gasteiger partial charge on any atom is 0.331 e. The number of hydrogen-bond acceptors (Lipinski definition) is 2. The Kier molecular flexibility index (Phi) is 5.34. The average molecular weight is 197 g/mol. The topological polar surface area (TPSA) is 18.5 Å². The van der Waals surface area contributed by atoms with Crippen molar-refractivity contribution in [2.75, 3.05) is 12.5 Å². The third-order valence-corrected chi connectivity index (χ3v) is 3.58. The van der Waals surface area contributed by atoms with Gasteiger partial charge in [-0.05, 0) is 26.9 Å². The smallest absolute Gasteiger partial charge is 0.331 e. The number of alkyl halides is 1. The molecule has 0 radical (unpaired) electrons. The van der Waals surface area contributed by atoms with Crippen molar-refractivity contribution in [3.8, 4) is 0 Å². The zero-order chi connectivity index (χ0) is 8.91. The Balaban J connectivity index is 3.70. The first-order chi connectivity index (χ1) is 5.02. The Morgan fingerprint density at radius 3 is 2.36 bits per heavy atom. The minimum absolute atomic E-state index is 0.102. The Hall–Kier alpha value is 0.427. The Bertz CT molecular complexity index is 109. The Labute approximate surface area is 75.1 Å². The zero-order valence-corrected chi connectivity index (χ0v) is 9.44. The van der Waals surface area contributed by atoms with Crippen molar-refractivity contribution in [1.82, 2.24) is 0 Å². The number of rotatable bonds is 5. The van der Waals surface area contributed by atoms with Crippen LogP contribution >= 0.6 is 11.6 Å². The number of halogens is 1. The zero-order valence-electron chi connectivity index (χ0n) is 7.69. The molecule has 0 amide bonds. The monoisotopic (exact) mass is 196 g/mol. The van der Waals surface area contributed by atoms with Gasteiger partial charge in [-0.15, -0.1) is 11.6 Å². The van der Waals surface area contributed by atoms with Crippen LogP contribution in [0.3, 0.4) is 0 Å². The molecule has 11 heavy (non-hydrogen) atoms. The second kappa shape index (κ2) is 5.14. The summed E-state index contributed by atoms with van der Waals surface area (Å²) in [5.74, 6) is 0.531. The van der Waals surface area contributed by atoms with Crippen LogP contribution in [0.4, 0.5) is 0 Å². The summed E-state index contributed by atoms with van der Waals surface area (Å²) in [7, 11) is -1.87. The molecule has 0 aromatic carbocycles. The van der Waals surface area contributed by atoms with E-state index in [-0.39, 0.29) is 6.10 Å². The van der Waals surface area contributed by atoms with Crippen LogP contribution in [0.1, 0.15) is 13.8 Å². The molecule has 0 aliphatic carbocycles. The molecule has 1 atom stereocenters. The van der Waals surface area contributed by atoms with E-state index >= 15 is 0 Å². The summed E-state index contributed by atoms with van der Waals surface area (Å²) in [4.78, 5) is 0. The van der Waals surface area contributed by atoms with Crippen molar-refractivity contribution in [1.29, 1.82) is 0 Å². The van der Waals surface area contributed by atoms with E-state index in [0.29, 0.717) is 12.5 Å². The van der Waals surface area contributed by atoms with E-state index in [0.717, 1.165) is 0 Å². The maximum atomic E-state index is 5.61. The Morgan fingerprint density at radius 1 is 1.45 bits per heavy atom. The second-order valence-electron chi connectivity index (χ2n) is 2.92. The molecule has 0 heterocycles. The highest BCUT2D eigenvalue weighted by molar-refractivity contribution is 6.64. The van der Waals surface area contributed by atoms with Gasteiger partial charge in [0.05, 0.1) is 6.10 Å². The van der Waals surface area contributed by atoms with Crippen LogP contribution in [0.15, 0.2) is 0 Å². The van der Waals surface area contributed by atoms with Gasteiger partial charge in [-0.3, -0.25) is 0 Å². The van der Waals surface area contributed by atoms with Crippen molar-refractivity contribution in [2.45, 2.75) is 33.0 Å². The minimum Gasteiger partial charge on any atom is -0.395 e. The fraction of sp³-hybridized carbons (Fsp3) is 1.00. The molecule has 4 heteroatoms. The molecule has 0 aromatic heterocycles. The second-order valence-corrected chi connectivity index (χ2v) is 6.55. The first-order valence-electron chi connectivity index (χ1n) is 3.89. The van der Waals surface area contributed by atoms with Crippen molar-refractivity contribution < 1.29 is 8.85 Å². The SMILES string of the molecule is CCO[Si](C)(C)OC(C)CCl. The van der Waals surface area contributed by atoms with Crippen LogP contribution in [0, 0.1) is 0 Å². The summed E-state index contributed by atoms with van der Waals surface area (Å²) in [6.45, 7) is 8.71. The van der Waals surface area contributed by atoms with Gasteiger partial charge in [0.25, 0.3) is 0 Å². The van der Waals surface area contributed by atoms with Gasteiger partial charge in [-0.25, -0.2) is 0 Å². The van der Waals surface area contributed by atoms with Crippen LogP contribution in [0.2, 0.25) is 13.1 Å². The summed E-state index contributed by atoms with van der Waals surface area (Å²) in [5, 5.41) is 0. The standard InChI is InChI=1S/C7H17ClO2Si/c1-5-9-11(3,4)10-7(2)6-8/h7H,5-6H2,1-4H3. The van der Waals surface area contributed by atoms with Crippen LogP contribution in [-0.4, -0.2) is 27.2 Å². The molecular weight excluding hydrogens is 180 g/mol. The maximum absolute atomic E-state index is 5.61. The molecule has 0 aliphatic rings. The molecule has 0 bridgehead atoms. The van der Waals surface area contributed by atoms with Gasteiger partial charge in [-0.1, -0.05) is 0 Å². The third kappa shape index (κ3) is 5.67. The van der Waals surface area contributed by atoms with Crippen LogP contribution in [0.5, 0.6) is 0 Å². The fourth-order valence-electron chi connectivity index (χ4n) is 0.898. The molecule has 0 saturated heterocycles. The normalized spacial score (nSPS) is 15.0. The molecule has 1 unspecified atom stereocenters. The fourth-order valence-corrected chi connectivity index (χ4v) is 2.88. The van der Waals surface area contributed by atoms with E-state index in [2.05, 4.69) is 0 Å². The van der Waals surface area contributed by atoms with E-state index in [1.54, 1.807) is 0 Å². The summed E-state index contributed by atoms with van der Waals surface area (Å²) in [5.41, 5.74) is 0. The first kappa shape index (κ1) is 11.4. The summed E-state index contributed by atoms with van der Waals surface area (Å²) < 4.78 is 11.1. The van der Waals surface area contributed by atoms with E-state index in [9.17, 15) is 0 Å². The largest absolute Gasteiger partial charge is 0.395 e. The molecule has 0 aromatic rings. The van der Waals surface area contributed by atoms with Crippen LogP contribution < -0.4 is 0 Å². The highest BCUT2D eigenvalue weighted by Crippen LogP contribution is 2.10. The van der Waals surface area contributed by atoms with Gasteiger partial charge in [-0.2, -0.15) is 0 Å². The first-order valence-corrected chi connectivity index (χ1v) is 7.24. The molecule has 0 rings (SSSR count). The highest BCUT2D eigenvalue weighted by atomic mass is 35.5. The molecule has 0 fully saturated rings. The summed E-state index contributed by atoms with van der Waals surface area (Å²) in [6, 6.07) is 0. The van der Waals surface area contributed by atoms with E-state index in [1.807, 2.05) is 26.9 Å². The lowest BCUT2D eigenvalue weighted by Gasteiger charge is -2.25. The van der Waals surface area contributed by atoms with Gasteiger partial charge in [0.15, 0.2) is 0 Å². The molecule has 0 saturated carbocycles. The van der Waals surface area contributed by atoms with Crippen molar-refractivity contribution in [3.63, 3.8) is 0 Å².